The van der Waals surface area contributed by atoms with E-state index >= 15 is 0 Å². The fourth-order valence-electron chi connectivity index (χ4n) is 5.54. The Balaban J connectivity index is 1.74. The minimum Gasteiger partial charge on any atom is -0.455 e. The number of hydrogen-bond acceptors (Lipinski definition) is 2. The number of pyridine rings is 1. The van der Waals surface area contributed by atoms with Gasteiger partial charge in [0.25, 0.3) is 0 Å². The van der Waals surface area contributed by atoms with Crippen LogP contribution in [0.5, 0.6) is 0 Å². The SMILES string of the molecule is Cc1ccc2c(c1)nc(-c1cc(C(C)(C)C)c3ccccc3c1)c1c3ccc(CC(C)C)cc3oc21. The van der Waals surface area contributed by atoms with Crippen LogP contribution < -0.4 is 0 Å². The van der Waals surface area contributed by atoms with Crippen molar-refractivity contribution in [2.45, 2.75) is 53.4 Å². The molecule has 0 aliphatic carbocycles. The molecule has 36 heavy (non-hydrogen) atoms. The van der Waals surface area contributed by atoms with E-state index in [0.717, 1.165) is 50.5 Å². The molecule has 2 aromatic heterocycles. The molecule has 0 unspecified atom stereocenters. The molecule has 6 aromatic rings. The summed E-state index contributed by atoms with van der Waals surface area (Å²) >= 11 is 0. The molecular weight excluding hydrogens is 438 g/mol. The number of aromatic nitrogens is 1. The van der Waals surface area contributed by atoms with Crippen molar-refractivity contribution in [3.05, 3.63) is 89.5 Å². The van der Waals surface area contributed by atoms with Crippen LogP contribution in [0.1, 0.15) is 51.3 Å². The second-order valence-electron chi connectivity index (χ2n) is 11.7. The molecule has 2 heterocycles. The Morgan fingerprint density at radius 2 is 1.61 bits per heavy atom. The van der Waals surface area contributed by atoms with Gasteiger partial charge in [0.05, 0.1) is 16.6 Å². The van der Waals surface area contributed by atoms with Crippen molar-refractivity contribution >= 4 is 43.6 Å². The first-order chi connectivity index (χ1) is 17.2. The first-order valence-corrected chi connectivity index (χ1v) is 13.0. The van der Waals surface area contributed by atoms with Gasteiger partial charge in [-0.3, -0.25) is 0 Å². The molecule has 0 spiro atoms. The maximum Gasteiger partial charge on any atom is 0.147 e. The highest BCUT2D eigenvalue weighted by Gasteiger charge is 2.22. The van der Waals surface area contributed by atoms with Gasteiger partial charge >= 0.3 is 0 Å². The molecule has 0 radical (unpaired) electrons. The van der Waals surface area contributed by atoms with E-state index < -0.39 is 0 Å². The third-order valence-electron chi connectivity index (χ3n) is 7.21. The van der Waals surface area contributed by atoms with Crippen LogP contribution in [0.4, 0.5) is 0 Å². The molecule has 0 N–H and O–H groups in total. The molecule has 0 atom stereocenters. The van der Waals surface area contributed by atoms with Gasteiger partial charge in [-0.15, -0.1) is 0 Å². The minimum atomic E-state index is 0.00633. The lowest BCUT2D eigenvalue weighted by Crippen LogP contribution is -2.12. The minimum absolute atomic E-state index is 0.00633. The van der Waals surface area contributed by atoms with E-state index in [-0.39, 0.29) is 5.41 Å². The monoisotopic (exact) mass is 471 g/mol. The number of furan rings is 1. The van der Waals surface area contributed by atoms with Crippen LogP contribution in [0.15, 0.2) is 77.2 Å². The summed E-state index contributed by atoms with van der Waals surface area (Å²) in [4.78, 5) is 5.30. The topological polar surface area (TPSA) is 26.0 Å². The van der Waals surface area contributed by atoms with Gasteiger partial charge in [-0.05, 0) is 82.5 Å². The Bertz CT molecular complexity index is 1780. The lowest BCUT2D eigenvalue weighted by Gasteiger charge is -2.23. The predicted molar refractivity (Wildman–Crippen MR) is 154 cm³/mol. The molecule has 0 amide bonds. The number of hydrogen-bond donors (Lipinski definition) is 0. The van der Waals surface area contributed by atoms with Crippen molar-refractivity contribution in [1.82, 2.24) is 4.98 Å². The molecule has 0 saturated carbocycles. The molecule has 180 valence electrons. The zero-order valence-electron chi connectivity index (χ0n) is 22.1. The summed E-state index contributed by atoms with van der Waals surface area (Å²) in [6, 6.07) is 26.5. The summed E-state index contributed by atoms with van der Waals surface area (Å²) in [5.74, 6) is 0.598. The molecule has 6 rings (SSSR count). The molecular formula is C34H33NO. The van der Waals surface area contributed by atoms with E-state index in [1.165, 1.54) is 27.5 Å². The number of nitrogens with zero attached hydrogens (tertiary/aromatic N) is 1. The van der Waals surface area contributed by atoms with E-state index in [2.05, 4.69) is 114 Å². The van der Waals surface area contributed by atoms with Gasteiger partial charge < -0.3 is 4.42 Å². The Morgan fingerprint density at radius 1 is 0.833 bits per heavy atom. The van der Waals surface area contributed by atoms with Crippen molar-refractivity contribution in [3.63, 3.8) is 0 Å². The maximum absolute atomic E-state index is 6.63. The summed E-state index contributed by atoms with van der Waals surface area (Å²) in [5, 5.41) is 5.85. The predicted octanol–water partition coefficient (Wildman–Crippen LogP) is 9.76. The van der Waals surface area contributed by atoms with E-state index in [1.54, 1.807) is 0 Å². The van der Waals surface area contributed by atoms with Crippen molar-refractivity contribution in [2.75, 3.05) is 0 Å². The van der Waals surface area contributed by atoms with Gasteiger partial charge in [-0.2, -0.15) is 0 Å². The first kappa shape index (κ1) is 22.8. The largest absolute Gasteiger partial charge is 0.455 e. The fourth-order valence-corrected chi connectivity index (χ4v) is 5.54. The molecule has 2 nitrogen and oxygen atoms in total. The smallest absolute Gasteiger partial charge is 0.147 e. The Labute approximate surface area is 213 Å². The third kappa shape index (κ3) is 3.76. The van der Waals surface area contributed by atoms with Crippen LogP contribution in [0.25, 0.3) is 54.9 Å². The van der Waals surface area contributed by atoms with Crippen molar-refractivity contribution < 1.29 is 4.42 Å². The van der Waals surface area contributed by atoms with Crippen LogP contribution in [0, 0.1) is 12.8 Å². The van der Waals surface area contributed by atoms with E-state index in [0.29, 0.717) is 5.92 Å². The standard InChI is InChI=1S/C34H33NO/c1-20(2)15-22-12-14-27-30(17-22)36-33-26-13-11-21(3)16-29(26)35-32(31(27)33)24-18-23-9-7-8-10-25(23)28(19-24)34(4,5)6/h7-14,16-20H,15H2,1-6H3. The number of fused-ring (bicyclic) bond motifs is 6. The average Bonchev–Trinajstić information content (AvgIpc) is 3.20. The molecule has 0 aliphatic heterocycles. The first-order valence-electron chi connectivity index (χ1n) is 13.0. The highest BCUT2D eigenvalue weighted by atomic mass is 16.3. The highest BCUT2D eigenvalue weighted by Crippen LogP contribution is 2.42. The number of benzene rings is 4. The summed E-state index contributed by atoms with van der Waals surface area (Å²) in [5.41, 5.74) is 8.83. The van der Waals surface area contributed by atoms with Crippen molar-refractivity contribution in [2.24, 2.45) is 5.92 Å². The van der Waals surface area contributed by atoms with Gasteiger partial charge in [0.2, 0.25) is 0 Å². The van der Waals surface area contributed by atoms with Crippen LogP contribution >= 0.6 is 0 Å². The van der Waals surface area contributed by atoms with Gasteiger partial charge in [0, 0.05) is 16.3 Å². The molecule has 0 saturated heterocycles. The Hall–Kier alpha value is -3.65. The zero-order chi connectivity index (χ0) is 25.2. The van der Waals surface area contributed by atoms with Crippen molar-refractivity contribution in [3.8, 4) is 11.3 Å². The van der Waals surface area contributed by atoms with E-state index in [9.17, 15) is 0 Å². The Morgan fingerprint density at radius 3 is 2.39 bits per heavy atom. The van der Waals surface area contributed by atoms with Crippen LogP contribution in [0.2, 0.25) is 0 Å². The third-order valence-corrected chi connectivity index (χ3v) is 7.21. The summed E-state index contributed by atoms with van der Waals surface area (Å²) in [6.07, 6.45) is 1.04. The second kappa shape index (κ2) is 8.20. The fraction of sp³-hybridized carbons (Fsp3) is 0.265. The molecule has 0 bridgehead atoms. The molecule has 4 aromatic carbocycles. The van der Waals surface area contributed by atoms with E-state index in [4.69, 9.17) is 9.40 Å². The van der Waals surface area contributed by atoms with Crippen molar-refractivity contribution in [1.29, 1.82) is 0 Å². The normalized spacial score (nSPS) is 12.5. The second-order valence-corrected chi connectivity index (χ2v) is 11.7. The highest BCUT2D eigenvalue weighted by molar-refractivity contribution is 6.19. The van der Waals surface area contributed by atoms with Crippen LogP contribution in [0.3, 0.4) is 0 Å². The summed E-state index contributed by atoms with van der Waals surface area (Å²) in [7, 11) is 0. The lowest BCUT2D eigenvalue weighted by atomic mass is 9.82. The number of rotatable bonds is 3. The molecule has 0 aliphatic rings. The van der Waals surface area contributed by atoms with Gasteiger partial charge in [0.15, 0.2) is 0 Å². The van der Waals surface area contributed by atoms with Crippen LogP contribution in [-0.4, -0.2) is 4.98 Å². The van der Waals surface area contributed by atoms with E-state index in [1.807, 2.05) is 0 Å². The van der Waals surface area contributed by atoms with Gasteiger partial charge in [-0.1, -0.05) is 77.1 Å². The van der Waals surface area contributed by atoms with Crippen LogP contribution in [-0.2, 0) is 11.8 Å². The quantitative estimate of drug-likeness (QED) is 0.257. The summed E-state index contributed by atoms with van der Waals surface area (Å²) < 4.78 is 6.63. The van der Waals surface area contributed by atoms with Gasteiger partial charge in [0.1, 0.15) is 11.2 Å². The Kier molecular flexibility index (Phi) is 5.19. The lowest BCUT2D eigenvalue weighted by molar-refractivity contribution is 0.596. The zero-order valence-corrected chi connectivity index (χ0v) is 22.1. The van der Waals surface area contributed by atoms with Gasteiger partial charge in [-0.25, -0.2) is 4.98 Å². The maximum atomic E-state index is 6.63. The summed E-state index contributed by atoms with van der Waals surface area (Å²) in [6.45, 7) is 13.5. The molecule has 2 heteroatoms. The number of aryl methyl sites for hydroxylation is 1. The average molecular weight is 472 g/mol. The molecule has 0 fully saturated rings.